The van der Waals surface area contributed by atoms with Gasteiger partial charge in [0.2, 0.25) is 5.89 Å². The third-order valence-corrected chi connectivity index (χ3v) is 5.10. The maximum absolute atomic E-state index is 10.7. The summed E-state index contributed by atoms with van der Waals surface area (Å²) >= 11 is 0. The average molecular weight is 393 g/mol. The fourth-order valence-corrected chi connectivity index (χ4v) is 3.57. The van der Waals surface area contributed by atoms with Gasteiger partial charge in [-0.05, 0) is 35.0 Å². The van der Waals surface area contributed by atoms with Gasteiger partial charge >= 0.3 is 0 Å². The highest BCUT2D eigenvalue weighted by Crippen LogP contribution is 2.40. The summed E-state index contributed by atoms with van der Waals surface area (Å²) in [5.74, 6) is 1.91. The molecule has 0 radical (unpaired) electrons. The predicted octanol–water partition coefficient (Wildman–Crippen LogP) is 6.54. The lowest BCUT2D eigenvalue weighted by Gasteiger charge is -2.06. The van der Waals surface area contributed by atoms with Crippen molar-refractivity contribution in [1.29, 1.82) is 0 Å². The molecule has 4 nitrogen and oxygen atoms in total. The Bertz CT molecular complexity index is 1270. The zero-order valence-corrected chi connectivity index (χ0v) is 16.4. The van der Waals surface area contributed by atoms with Crippen LogP contribution < -0.4 is 4.74 Å². The Kier molecular flexibility index (Phi) is 4.45. The number of rotatable bonds is 4. The molecule has 4 heteroatoms. The second kappa shape index (κ2) is 7.41. The maximum Gasteiger partial charge on any atom is 0.231 e. The molecule has 0 aliphatic carbocycles. The highest BCUT2D eigenvalue weighted by Gasteiger charge is 2.20. The topological polar surface area (TPSA) is 55.5 Å². The second-order valence-corrected chi connectivity index (χ2v) is 7.01. The van der Waals surface area contributed by atoms with Gasteiger partial charge in [-0.1, -0.05) is 66.7 Å². The van der Waals surface area contributed by atoms with E-state index in [1.807, 2.05) is 84.9 Å². The molecule has 1 N–H and O–H groups in total. The Morgan fingerprint density at radius 3 is 2.17 bits per heavy atom. The fraction of sp³-hybridized carbons (Fsp3) is 0.0385. The van der Waals surface area contributed by atoms with E-state index in [0.717, 1.165) is 33.3 Å². The van der Waals surface area contributed by atoms with E-state index in [-0.39, 0.29) is 5.75 Å². The number of methoxy groups -OCH3 is 1. The van der Waals surface area contributed by atoms with Crippen molar-refractivity contribution < 1.29 is 14.3 Å². The SMILES string of the molecule is COc1ccc2cc(O)c(-c3nc(-c4ccccc4)c(-c4ccccc4)o3)cc2c1. The van der Waals surface area contributed by atoms with Crippen molar-refractivity contribution >= 4 is 10.8 Å². The minimum absolute atomic E-state index is 0.119. The van der Waals surface area contributed by atoms with Crippen LogP contribution in [0.1, 0.15) is 0 Å². The van der Waals surface area contributed by atoms with Crippen LogP contribution in [-0.2, 0) is 0 Å². The molecular weight excluding hydrogens is 374 g/mol. The largest absolute Gasteiger partial charge is 0.507 e. The molecule has 0 saturated carbocycles. The molecule has 0 atom stereocenters. The number of ether oxygens (including phenoxy) is 1. The van der Waals surface area contributed by atoms with Crippen molar-refractivity contribution in [3.63, 3.8) is 0 Å². The van der Waals surface area contributed by atoms with Gasteiger partial charge in [0.1, 0.15) is 17.2 Å². The van der Waals surface area contributed by atoms with E-state index in [1.165, 1.54) is 0 Å². The zero-order valence-electron chi connectivity index (χ0n) is 16.4. The van der Waals surface area contributed by atoms with Crippen molar-refractivity contribution in [2.45, 2.75) is 0 Å². The summed E-state index contributed by atoms with van der Waals surface area (Å²) in [7, 11) is 1.63. The monoisotopic (exact) mass is 393 g/mol. The number of aromatic hydroxyl groups is 1. The van der Waals surface area contributed by atoms with E-state index in [9.17, 15) is 5.11 Å². The average Bonchev–Trinajstić information content (AvgIpc) is 3.25. The first-order valence-corrected chi connectivity index (χ1v) is 9.66. The van der Waals surface area contributed by atoms with E-state index < -0.39 is 0 Å². The van der Waals surface area contributed by atoms with Gasteiger partial charge in [-0.3, -0.25) is 0 Å². The first-order valence-electron chi connectivity index (χ1n) is 9.66. The number of benzene rings is 4. The van der Waals surface area contributed by atoms with Crippen LogP contribution >= 0.6 is 0 Å². The Hall–Kier alpha value is -4.05. The number of phenols is 1. The molecule has 0 unspecified atom stereocenters. The van der Waals surface area contributed by atoms with Gasteiger partial charge in [0.15, 0.2) is 5.76 Å². The van der Waals surface area contributed by atoms with Crippen LogP contribution in [0.25, 0.3) is 44.8 Å². The summed E-state index contributed by atoms with van der Waals surface area (Å²) in [6, 6.07) is 29.1. The first kappa shape index (κ1) is 18.0. The van der Waals surface area contributed by atoms with Crippen LogP contribution in [0.15, 0.2) is 95.4 Å². The molecule has 146 valence electrons. The summed E-state index contributed by atoms with van der Waals surface area (Å²) in [4.78, 5) is 4.78. The summed E-state index contributed by atoms with van der Waals surface area (Å²) < 4.78 is 11.6. The molecule has 0 bridgehead atoms. The van der Waals surface area contributed by atoms with Gasteiger partial charge in [0, 0.05) is 11.1 Å². The molecule has 0 saturated heterocycles. The third kappa shape index (κ3) is 3.18. The standard InChI is InChI=1S/C26H19NO3/c1-29-21-13-12-19-16-23(28)22(15-20(19)14-21)26-27-24(17-8-4-2-5-9-17)25(30-26)18-10-6-3-7-11-18/h2-16,28H,1H3. The van der Waals surface area contributed by atoms with Gasteiger partial charge in [0.25, 0.3) is 0 Å². The lowest BCUT2D eigenvalue weighted by atomic mass is 10.1. The van der Waals surface area contributed by atoms with Crippen molar-refractivity contribution in [1.82, 2.24) is 4.98 Å². The number of fused-ring (bicyclic) bond motifs is 1. The highest BCUT2D eigenvalue weighted by atomic mass is 16.5. The molecule has 0 spiro atoms. The maximum atomic E-state index is 10.7. The van der Waals surface area contributed by atoms with Gasteiger partial charge in [-0.2, -0.15) is 0 Å². The van der Waals surface area contributed by atoms with Crippen LogP contribution in [0.2, 0.25) is 0 Å². The quantitative estimate of drug-likeness (QED) is 0.376. The summed E-state index contributed by atoms with van der Waals surface area (Å²) in [5.41, 5.74) is 3.16. The van der Waals surface area contributed by atoms with Crippen molar-refractivity contribution in [2.75, 3.05) is 7.11 Å². The molecule has 0 aliphatic heterocycles. The zero-order chi connectivity index (χ0) is 20.5. The van der Waals surface area contributed by atoms with Gasteiger partial charge < -0.3 is 14.3 Å². The van der Waals surface area contributed by atoms with Crippen LogP contribution in [0.3, 0.4) is 0 Å². The van der Waals surface area contributed by atoms with Gasteiger partial charge in [-0.15, -0.1) is 0 Å². The first-order chi connectivity index (χ1) is 14.7. The highest BCUT2D eigenvalue weighted by molar-refractivity contribution is 5.91. The molecular formula is C26H19NO3. The summed E-state index contributed by atoms with van der Waals surface area (Å²) in [5, 5.41) is 12.5. The van der Waals surface area contributed by atoms with E-state index in [1.54, 1.807) is 13.2 Å². The molecule has 5 rings (SSSR count). The predicted molar refractivity (Wildman–Crippen MR) is 119 cm³/mol. The van der Waals surface area contributed by atoms with Crippen LogP contribution in [0.4, 0.5) is 0 Å². The molecule has 5 aromatic rings. The van der Waals surface area contributed by atoms with Crippen LogP contribution in [0.5, 0.6) is 11.5 Å². The molecule has 0 aliphatic rings. The van der Waals surface area contributed by atoms with E-state index in [0.29, 0.717) is 17.2 Å². The number of phenolic OH excluding ortho intramolecular Hbond substituents is 1. The molecule has 0 amide bonds. The molecule has 0 fully saturated rings. The van der Waals surface area contributed by atoms with Crippen molar-refractivity contribution in [3.05, 3.63) is 91.0 Å². The fourth-order valence-electron chi connectivity index (χ4n) is 3.57. The number of hydrogen-bond donors (Lipinski definition) is 1. The molecule has 30 heavy (non-hydrogen) atoms. The minimum atomic E-state index is 0.119. The lowest BCUT2D eigenvalue weighted by molar-refractivity contribution is 0.415. The summed E-state index contributed by atoms with van der Waals surface area (Å²) in [6.07, 6.45) is 0. The van der Waals surface area contributed by atoms with Crippen LogP contribution in [0, 0.1) is 0 Å². The smallest absolute Gasteiger partial charge is 0.231 e. The second-order valence-electron chi connectivity index (χ2n) is 7.01. The lowest BCUT2D eigenvalue weighted by Crippen LogP contribution is -1.85. The summed E-state index contributed by atoms with van der Waals surface area (Å²) in [6.45, 7) is 0. The van der Waals surface area contributed by atoms with E-state index >= 15 is 0 Å². The molecule has 1 aromatic heterocycles. The Morgan fingerprint density at radius 2 is 1.47 bits per heavy atom. The number of nitrogens with zero attached hydrogens (tertiary/aromatic N) is 1. The third-order valence-electron chi connectivity index (χ3n) is 5.10. The molecule has 1 heterocycles. The Morgan fingerprint density at radius 1 is 0.767 bits per heavy atom. The number of oxazole rings is 1. The van der Waals surface area contributed by atoms with Gasteiger partial charge in [0.05, 0.1) is 12.7 Å². The van der Waals surface area contributed by atoms with E-state index in [4.69, 9.17) is 14.1 Å². The normalized spacial score (nSPS) is 11.0. The number of aromatic nitrogens is 1. The minimum Gasteiger partial charge on any atom is -0.507 e. The van der Waals surface area contributed by atoms with Crippen LogP contribution in [-0.4, -0.2) is 17.2 Å². The van der Waals surface area contributed by atoms with Gasteiger partial charge in [-0.25, -0.2) is 4.98 Å². The Balaban J connectivity index is 1.72. The molecule has 4 aromatic carbocycles. The number of hydrogen-bond acceptors (Lipinski definition) is 4. The van der Waals surface area contributed by atoms with E-state index in [2.05, 4.69) is 0 Å². The van der Waals surface area contributed by atoms with Crippen molar-refractivity contribution in [3.8, 4) is 45.5 Å². The Labute approximate surface area is 174 Å². The van der Waals surface area contributed by atoms with Crippen molar-refractivity contribution in [2.24, 2.45) is 0 Å².